The number of nitrogens with one attached hydrogen (secondary N) is 1. The lowest BCUT2D eigenvalue weighted by Gasteiger charge is -2.20. The van der Waals surface area contributed by atoms with Crippen molar-refractivity contribution in [2.45, 2.75) is 38.6 Å². The number of nitrogens with zero attached hydrogens (tertiary/aromatic N) is 2. The molecule has 1 aromatic heterocycles. The van der Waals surface area contributed by atoms with Gasteiger partial charge in [0.1, 0.15) is 0 Å². The van der Waals surface area contributed by atoms with Gasteiger partial charge < -0.3 is 5.32 Å². The third-order valence-corrected chi connectivity index (χ3v) is 3.20. The molecule has 0 radical (unpaired) electrons. The van der Waals surface area contributed by atoms with E-state index in [1.54, 1.807) is 6.20 Å². The Morgan fingerprint density at radius 3 is 2.94 bits per heavy atom. The van der Waals surface area contributed by atoms with Crippen molar-refractivity contribution >= 4 is 5.91 Å². The van der Waals surface area contributed by atoms with Crippen LogP contribution in [0.2, 0.25) is 0 Å². The SMILES string of the molecule is CC(C)CC1NC(=O)CC1c1ccnn1C. The van der Waals surface area contributed by atoms with Crippen molar-refractivity contribution in [2.75, 3.05) is 0 Å². The highest BCUT2D eigenvalue weighted by atomic mass is 16.2. The van der Waals surface area contributed by atoms with E-state index in [2.05, 4.69) is 24.3 Å². The minimum Gasteiger partial charge on any atom is -0.353 e. The van der Waals surface area contributed by atoms with Crippen LogP contribution in [0.1, 0.15) is 38.3 Å². The second-order valence-corrected chi connectivity index (χ2v) is 4.99. The molecule has 1 amide bonds. The molecule has 1 N–H and O–H groups in total. The van der Waals surface area contributed by atoms with Gasteiger partial charge in [0.15, 0.2) is 0 Å². The molecular weight excluding hydrogens is 202 g/mol. The zero-order valence-corrected chi connectivity index (χ0v) is 10.1. The quantitative estimate of drug-likeness (QED) is 0.839. The van der Waals surface area contributed by atoms with Crippen LogP contribution in [-0.4, -0.2) is 21.7 Å². The van der Waals surface area contributed by atoms with Crippen molar-refractivity contribution in [3.05, 3.63) is 18.0 Å². The van der Waals surface area contributed by atoms with Gasteiger partial charge in [-0.05, 0) is 18.4 Å². The highest BCUT2D eigenvalue weighted by Gasteiger charge is 2.35. The van der Waals surface area contributed by atoms with Crippen LogP contribution < -0.4 is 5.32 Å². The Morgan fingerprint density at radius 1 is 1.62 bits per heavy atom. The molecule has 0 spiro atoms. The van der Waals surface area contributed by atoms with Gasteiger partial charge in [0.2, 0.25) is 5.91 Å². The molecule has 0 saturated carbocycles. The first-order chi connectivity index (χ1) is 7.58. The molecule has 0 bridgehead atoms. The van der Waals surface area contributed by atoms with E-state index in [-0.39, 0.29) is 17.9 Å². The zero-order chi connectivity index (χ0) is 11.7. The van der Waals surface area contributed by atoms with Gasteiger partial charge in [-0.3, -0.25) is 9.48 Å². The van der Waals surface area contributed by atoms with Crippen molar-refractivity contribution in [3.63, 3.8) is 0 Å². The average molecular weight is 221 g/mol. The van der Waals surface area contributed by atoms with E-state index >= 15 is 0 Å². The monoisotopic (exact) mass is 221 g/mol. The molecule has 1 aliphatic rings. The van der Waals surface area contributed by atoms with E-state index in [9.17, 15) is 4.79 Å². The Morgan fingerprint density at radius 2 is 2.38 bits per heavy atom. The highest BCUT2D eigenvalue weighted by molar-refractivity contribution is 5.80. The molecule has 2 heterocycles. The lowest BCUT2D eigenvalue weighted by molar-refractivity contribution is -0.119. The number of carbonyl (C=O) groups is 1. The number of amides is 1. The van der Waals surface area contributed by atoms with E-state index in [0.29, 0.717) is 12.3 Å². The largest absolute Gasteiger partial charge is 0.353 e. The summed E-state index contributed by atoms with van der Waals surface area (Å²) in [4.78, 5) is 11.5. The Bertz CT molecular complexity index is 383. The van der Waals surface area contributed by atoms with Crippen LogP contribution in [-0.2, 0) is 11.8 Å². The van der Waals surface area contributed by atoms with Gasteiger partial charge in [-0.25, -0.2) is 0 Å². The van der Waals surface area contributed by atoms with Crippen molar-refractivity contribution in [3.8, 4) is 0 Å². The summed E-state index contributed by atoms with van der Waals surface area (Å²) in [5.74, 6) is 1.04. The molecule has 0 aromatic carbocycles. The molecule has 88 valence electrons. The minimum atomic E-state index is 0.164. The molecule has 1 aromatic rings. The average Bonchev–Trinajstić information content (AvgIpc) is 2.71. The maximum Gasteiger partial charge on any atom is 0.220 e. The van der Waals surface area contributed by atoms with E-state index in [4.69, 9.17) is 0 Å². The van der Waals surface area contributed by atoms with Crippen molar-refractivity contribution in [2.24, 2.45) is 13.0 Å². The van der Waals surface area contributed by atoms with Gasteiger partial charge in [0.05, 0.1) is 0 Å². The molecule has 2 rings (SSSR count). The molecular formula is C12H19N3O. The molecule has 1 aliphatic heterocycles. The number of hydrogen-bond donors (Lipinski definition) is 1. The van der Waals surface area contributed by atoms with Gasteiger partial charge in [-0.1, -0.05) is 13.8 Å². The zero-order valence-electron chi connectivity index (χ0n) is 10.1. The smallest absolute Gasteiger partial charge is 0.220 e. The fraction of sp³-hybridized carbons (Fsp3) is 0.667. The Balaban J connectivity index is 2.19. The maximum absolute atomic E-state index is 11.5. The topological polar surface area (TPSA) is 46.9 Å². The molecule has 4 heteroatoms. The standard InChI is InChI=1S/C12H19N3O/c1-8(2)6-10-9(7-12(16)14-10)11-4-5-13-15(11)3/h4-5,8-10H,6-7H2,1-3H3,(H,14,16). The van der Waals surface area contributed by atoms with Crippen molar-refractivity contribution in [1.29, 1.82) is 0 Å². The second kappa shape index (κ2) is 4.28. The van der Waals surface area contributed by atoms with Crippen LogP contribution in [0.3, 0.4) is 0 Å². The van der Waals surface area contributed by atoms with E-state index in [1.165, 1.54) is 0 Å². The molecule has 16 heavy (non-hydrogen) atoms. The summed E-state index contributed by atoms with van der Waals surface area (Å²) in [6.45, 7) is 4.37. The first-order valence-electron chi connectivity index (χ1n) is 5.85. The van der Waals surface area contributed by atoms with Crippen LogP contribution in [0.5, 0.6) is 0 Å². The maximum atomic E-state index is 11.5. The number of carbonyl (C=O) groups excluding carboxylic acids is 1. The molecule has 1 saturated heterocycles. The Hall–Kier alpha value is -1.32. The van der Waals surface area contributed by atoms with Crippen LogP contribution in [0.25, 0.3) is 0 Å². The van der Waals surface area contributed by atoms with Crippen molar-refractivity contribution in [1.82, 2.24) is 15.1 Å². The summed E-state index contributed by atoms with van der Waals surface area (Å²) in [6, 6.07) is 2.28. The number of hydrogen-bond acceptors (Lipinski definition) is 2. The van der Waals surface area contributed by atoms with Gasteiger partial charge in [-0.2, -0.15) is 5.10 Å². The van der Waals surface area contributed by atoms with Crippen LogP contribution >= 0.6 is 0 Å². The molecule has 0 aliphatic carbocycles. The van der Waals surface area contributed by atoms with Gasteiger partial charge in [0, 0.05) is 37.3 Å². The number of aromatic nitrogens is 2. The molecule has 2 atom stereocenters. The molecule has 4 nitrogen and oxygen atoms in total. The van der Waals surface area contributed by atoms with Crippen LogP contribution in [0, 0.1) is 5.92 Å². The summed E-state index contributed by atoms with van der Waals surface area (Å²) < 4.78 is 1.87. The fourth-order valence-corrected chi connectivity index (χ4v) is 2.50. The van der Waals surface area contributed by atoms with E-state index < -0.39 is 0 Å². The predicted octanol–water partition coefficient (Wildman–Crippen LogP) is 1.44. The molecule has 2 unspecified atom stereocenters. The van der Waals surface area contributed by atoms with Gasteiger partial charge >= 0.3 is 0 Å². The number of rotatable bonds is 3. The summed E-state index contributed by atoms with van der Waals surface area (Å²) in [5.41, 5.74) is 1.16. The normalized spacial score (nSPS) is 25.1. The summed E-state index contributed by atoms with van der Waals surface area (Å²) >= 11 is 0. The first kappa shape index (κ1) is 11.2. The summed E-state index contributed by atoms with van der Waals surface area (Å²) in [5, 5.41) is 7.25. The third-order valence-electron chi connectivity index (χ3n) is 3.20. The first-order valence-corrected chi connectivity index (χ1v) is 5.85. The van der Waals surface area contributed by atoms with Gasteiger partial charge in [-0.15, -0.1) is 0 Å². The lowest BCUT2D eigenvalue weighted by atomic mass is 9.90. The van der Waals surface area contributed by atoms with Gasteiger partial charge in [0.25, 0.3) is 0 Å². The Kier molecular flexibility index (Phi) is 2.99. The van der Waals surface area contributed by atoms with E-state index in [1.807, 2.05) is 17.8 Å². The Labute approximate surface area is 96.0 Å². The number of aryl methyl sites for hydroxylation is 1. The highest BCUT2D eigenvalue weighted by Crippen LogP contribution is 2.31. The minimum absolute atomic E-state index is 0.164. The van der Waals surface area contributed by atoms with Crippen LogP contribution in [0.15, 0.2) is 12.3 Å². The summed E-state index contributed by atoms with van der Waals surface area (Å²) in [6.07, 6.45) is 3.42. The second-order valence-electron chi connectivity index (χ2n) is 4.99. The predicted molar refractivity (Wildman–Crippen MR) is 62.0 cm³/mol. The molecule has 1 fully saturated rings. The van der Waals surface area contributed by atoms with Crippen molar-refractivity contribution < 1.29 is 4.79 Å². The third kappa shape index (κ3) is 2.10. The fourth-order valence-electron chi connectivity index (χ4n) is 2.50. The lowest BCUT2D eigenvalue weighted by Crippen LogP contribution is -2.30. The van der Waals surface area contributed by atoms with E-state index in [0.717, 1.165) is 12.1 Å². The summed E-state index contributed by atoms with van der Waals surface area (Å²) in [7, 11) is 1.94. The van der Waals surface area contributed by atoms with Crippen LogP contribution in [0.4, 0.5) is 0 Å².